The molecule has 1 amide bonds. The van der Waals surface area contributed by atoms with E-state index in [0.717, 1.165) is 26.9 Å². The number of carbonyl (C=O) groups excluding carboxylic acids is 1. The van der Waals surface area contributed by atoms with Crippen LogP contribution >= 0.6 is 34.5 Å². The number of benzene rings is 2. The van der Waals surface area contributed by atoms with Gasteiger partial charge in [0.1, 0.15) is 11.6 Å². The van der Waals surface area contributed by atoms with Crippen LogP contribution in [-0.4, -0.2) is 15.5 Å². The Bertz CT molecular complexity index is 1360. The van der Waals surface area contributed by atoms with E-state index in [1.165, 1.54) is 11.3 Å². The Morgan fingerprint density at radius 3 is 2.87 bits per heavy atom. The minimum Gasteiger partial charge on any atom is -0.350 e. The Morgan fingerprint density at radius 2 is 2.06 bits per heavy atom. The Kier molecular flexibility index (Phi) is 6.10. The molecular formula is C23H16Cl2N4OS. The highest BCUT2D eigenvalue weighted by Gasteiger charge is 2.14. The molecular weight excluding hydrogens is 451 g/mol. The highest BCUT2D eigenvalue weighted by atomic mass is 35.5. The average molecular weight is 467 g/mol. The lowest BCUT2D eigenvalue weighted by atomic mass is 10.1. The maximum atomic E-state index is 12.7. The first-order valence-electron chi connectivity index (χ1n) is 9.31. The van der Waals surface area contributed by atoms with Crippen molar-refractivity contribution in [2.45, 2.75) is 6.42 Å². The summed E-state index contributed by atoms with van der Waals surface area (Å²) in [6.45, 7) is 0. The molecule has 0 radical (unpaired) electrons. The molecule has 154 valence electrons. The van der Waals surface area contributed by atoms with E-state index in [2.05, 4.69) is 10.3 Å². The number of halogens is 2. The standard InChI is InChI=1S/C23H16Cl2N4OS/c1-29-13-16(18-6-2-3-8-20(18)29)9-15(11-26)22(30)28-23-27-12-17(31-23)10-14-5-4-7-19(24)21(14)25/h2-9,12-13H,10H2,1H3,(H,27,28,30)/b15-9+. The van der Waals surface area contributed by atoms with Gasteiger partial charge in [-0.2, -0.15) is 5.26 Å². The third kappa shape index (κ3) is 4.49. The van der Waals surface area contributed by atoms with E-state index < -0.39 is 5.91 Å². The fourth-order valence-electron chi connectivity index (χ4n) is 3.28. The van der Waals surface area contributed by atoms with Crippen molar-refractivity contribution in [3.63, 3.8) is 0 Å². The van der Waals surface area contributed by atoms with Gasteiger partial charge in [0, 0.05) is 47.2 Å². The molecule has 4 aromatic rings. The van der Waals surface area contributed by atoms with Crippen molar-refractivity contribution in [2.75, 3.05) is 5.32 Å². The topological polar surface area (TPSA) is 70.7 Å². The Morgan fingerprint density at radius 1 is 1.26 bits per heavy atom. The lowest BCUT2D eigenvalue weighted by Gasteiger charge is -2.03. The maximum Gasteiger partial charge on any atom is 0.268 e. The Labute approximate surface area is 193 Å². The first-order valence-corrected chi connectivity index (χ1v) is 10.9. The molecule has 0 aliphatic rings. The second-order valence-corrected chi connectivity index (χ2v) is 8.76. The number of carbonyl (C=O) groups is 1. The van der Waals surface area contributed by atoms with E-state index in [1.807, 2.05) is 60.3 Å². The lowest BCUT2D eigenvalue weighted by Crippen LogP contribution is -2.13. The van der Waals surface area contributed by atoms with Gasteiger partial charge in [-0.25, -0.2) is 4.98 Å². The van der Waals surface area contributed by atoms with Crippen molar-refractivity contribution < 1.29 is 4.79 Å². The van der Waals surface area contributed by atoms with Crippen LogP contribution in [0.4, 0.5) is 5.13 Å². The van der Waals surface area contributed by atoms with Crippen molar-refractivity contribution in [2.24, 2.45) is 7.05 Å². The number of fused-ring (bicyclic) bond motifs is 1. The molecule has 5 nitrogen and oxygen atoms in total. The van der Waals surface area contributed by atoms with Crippen molar-refractivity contribution in [1.29, 1.82) is 5.26 Å². The third-order valence-corrected chi connectivity index (χ3v) is 6.53. The van der Waals surface area contributed by atoms with Crippen molar-refractivity contribution >= 4 is 62.6 Å². The van der Waals surface area contributed by atoms with Gasteiger partial charge in [-0.05, 0) is 23.8 Å². The summed E-state index contributed by atoms with van der Waals surface area (Å²) in [4.78, 5) is 17.8. The highest BCUT2D eigenvalue weighted by molar-refractivity contribution is 7.15. The minimum absolute atomic E-state index is 0.00555. The van der Waals surface area contributed by atoms with Crippen LogP contribution in [0, 0.1) is 11.3 Å². The van der Waals surface area contributed by atoms with Crippen LogP contribution in [0.5, 0.6) is 0 Å². The van der Waals surface area contributed by atoms with Gasteiger partial charge in [-0.1, -0.05) is 53.5 Å². The van der Waals surface area contributed by atoms with Crippen molar-refractivity contribution in [3.8, 4) is 6.07 Å². The zero-order valence-corrected chi connectivity index (χ0v) is 18.7. The molecule has 4 rings (SSSR count). The van der Waals surface area contributed by atoms with Crippen LogP contribution < -0.4 is 5.32 Å². The number of nitriles is 1. The molecule has 0 bridgehead atoms. The summed E-state index contributed by atoms with van der Waals surface area (Å²) >= 11 is 13.6. The van der Waals surface area contributed by atoms with Gasteiger partial charge in [0.2, 0.25) is 0 Å². The Balaban J connectivity index is 1.53. The number of nitrogens with one attached hydrogen (secondary N) is 1. The molecule has 0 saturated heterocycles. The lowest BCUT2D eigenvalue weighted by molar-refractivity contribution is -0.112. The van der Waals surface area contributed by atoms with Crippen LogP contribution in [0.15, 0.2) is 60.4 Å². The number of aryl methyl sites for hydroxylation is 1. The van der Waals surface area contributed by atoms with E-state index >= 15 is 0 Å². The quantitative estimate of drug-likeness (QED) is 0.286. The van der Waals surface area contributed by atoms with Crippen LogP contribution in [0.3, 0.4) is 0 Å². The van der Waals surface area contributed by atoms with E-state index in [9.17, 15) is 10.1 Å². The van der Waals surface area contributed by atoms with Gasteiger partial charge < -0.3 is 4.57 Å². The SMILES string of the molecule is Cn1cc(/C=C(\C#N)C(=O)Nc2ncc(Cc3cccc(Cl)c3Cl)s2)c2ccccc21. The molecule has 31 heavy (non-hydrogen) atoms. The number of thiazole rings is 1. The van der Waals surface area contributed by atoms with Crippen molar-refractivity contribution in [3.05, 3.63) is 86.5 Å². The molecule has 8 heteroatoms. The summed E-state index contributed by atoms with van der Waals surface area (Å²) in [5.41, 5.74) is 2.71. The molecule has 0 saturated carbocycles. The summed E-state index contributed by atoms with van der Waals surface area (Å²) in [5.74, 6) is -0.503. The molecule has 0 spiro atoms. The molecule has 2 aromatic heterocycles. The second-order valence-electron chi connectivity index (χ2n) is 6.86. The third-order valence-electron chi connectivity index (χ3n) is 4.76. The number of nitrogens with zero attached hydrogens (tertiary/aromatic N) is 3. The summed E-state index contributed by atoms with van der Waals surface area (Å²) in [6.07, 6.45) is 5.71. The molecule has 1 N–H and O–H groups in total. The van der Waals surface area contributed by atoms with Crippen LogP contribution in [0.2, 0.25) is 10.0 Å². The molecule has 2 heterocycles. The summed E-state index contributed by atoms with van der Waals surface area (Å²) in [5, 5.41) is 14.6. The van der Waals surface area contributed by atoms with Crippen LogP contribution in [0.25, 0.3) is 17.0 Å². The molecule has 0 fully saturated rings. The number of para-hydroxylation sites is 1. The molecule has 0 unspecified atom stereocenters. The van der Waals surface area contributed by atoms with Gasteiger partial charge >= 0.3 is 0 Å². The summed E-state index contributed by atoms with van der Waals surface area (Å²) in [6, 6.07) is 15.3. The predicted octanol–water partition coefficient (Wildman–Crippen LogP) is 6.08. The normalized spacial score (nSPS) is 11.5. The van der Waals surface area contributed by atoms with Crippen LogP contribution in [-0.2, 0) is 18.3 Å². The summed E-state index contributed by atoms with van der Waals surface area (Å²) < 4.78 is 1.96. The van der Waals surface area contributed by atoms with E-state index in [4.69, 9.17) is 23.2 Å². The number of amides is 1. The first kappa shape index (κ1) is 21.1. The average Bonchev–Trinajstić information content (AvgIpc) is 3.33. The fraction of sp³-hybridized carbons (Fsp3) is 0.0870. The molecule has 2 aromatic carbocycles. The maximum absolute atomic E-state index is 12.7. The van der Waals surface area contributed by atoms with Gasteiger partial charge in [0.25, 0.3) is 5.91 Å². The van der Waals surface area contributed by atoms with Crippen molar-refractivity contribution in [1.82, 2.24) is 9.55 Å². The predicted molar refractivity (Wildman–Crippen MR) is 127 cm³/mol. The van der Waals surface area contributed by atoms with Gasteiger partial charge in [-0.3, -0.25) is 10.1 Å². The van der Waals surface area contributed by atoms with Crippen LogP contribution in [0.1, 0.15) is 16.0 Å². The first-order chi connectivity index (χ1) is 15.0. The van der Waals surface area contributed by atoms with E-state index in [-0.39, 0.29) is 5.57 Å². The largest absolute Gasteiger partial charge is 0.350 e. The summed E-state index contributed by atoms with van der Waals surface area (Å²) in [7, 11) is 1.93. The number of anilines is 1. The van der Waals surface area contributed by atoms with Gasteiger partial charge in [0.05, 0.1) is 10.0 Å². The molecule has 0 atom stereocenters. The zero-order chi connectivity index (χ0) is 22.0. The van der Waals surface area contributed by atoms with E-state index in [1.54, 1.807) is 18.3 Å². The minimum atomic E-state index is -0.503. The smallest absolute Gasteiger partial charge is 0.268 e. The number of hydrogen-bond acceptors (Lipinski definition) is 4. The van der Waals surface area contributed by atoms with E-state index in [0.29, 0.717) is 21.6 Å². The number of hydrogen-bond donors (Lipinski definition) is 1. The van der Waals surface area contributed by atoms with Gasteiger partial charge in [-0.15, -0.1) is 11.3 Å². The van der Waals surface area contributed by atoms with Gasteiger partial charge in [0.15, 0.2) is 5.13 Å². The second kappa shape index (κ2) is 8.94. The fourth-order valence-corrected chi connectivity index (χ4v) is 4.49. The highest BCUT2D eigenvalue weighted by Crippen LogP contribution is 2.30. The molecule has 0 aliphatic heterocycles. The zero-order valence-electron chi connectivity index (χ0n) is 16.4. The molecule has 0 aliphatic carbocycles. The number of rotatable bonds is 5. The Hall–Kier alpha value is -3.11. The number of aromatic nitrogens is 2. The monoisotopic (exact) mass is 466 g/mol.